The van der Waals surface area contributed by atoms with Gasteiger partial charge < -0.3 is 14.1 Å². The molecule has 0 amide bonds. The topological polar surface area (TPSA) is 73.4 Å². The van der Waals surface area contributed by atoms with Crippen LogP contribution < -0.4 is 4.90 Å². The lowest BCUT2D eigenvalue weighted by Gasteiger charge is -2.31. The fourth-order valence-corrected chi connectivity index (χ4v) is 4.33. The van der Waals surface area contributed by atoms with E-state index in [1.54, 1.807) is 6.26 Å². The normalized spacial score (nSPS) is 16.5. The molecule has 1 aliphatic heterocycles. The summed E-state index contributed by atoms with van der Waals surface area (Å²) in [6.07, 6.45) is 3.96. The van der Waals surface area contributed by atoms with Crippen molar-refractivity contribution >= 4 is 23.7 Å². The minimum absolute atomic E-state index is 0.122. The van der Waals surface area contributed by atoms with Gasteiger partial charge in [0.25, 0.3) is 0 Å². The summed E-state index contributed by atoms with van der Waals surface area (Å²) >= 11 is 1.43. The van der Waals surface area contributed by atoms with Crippen molar-refractivity contribution in [2.75, 3.05) is 24.6 Å². The average molecular weight is 407 g/mol. The first-order valence-corrected chi connectivity index (χ1v) is 10.9. The lowest BCUT2D eigenvalue weighted by atomic mass is 10.00. The summed E-state index contributed by atoms with van der Waals surface area (Å²) in [5.41, 5.74) is 0. The Balaban J connectivity index is 1.88. The van der Waals surface area contributed by atoms with Crippen molar-refractivity contribution in [2.24, 2.45) is 11.8 Å². The zero-order valence-electron chi connectivity index (χ0n) is 17.1. The predicted octanol–water partition coefficient (Wildman–Crippen LogP) is 3.84. The second-order valence-electron chi connectivity index (χ2n) is 7.65. The van der Waals surface area contributed by atoms with Crippen LogP contribution in [-0.4, -0.2) is 45.7 Å². The smallest absolute Gasteiger partial charge is 0.319 e. The number of thioether (sulfide) groups is 1. The third kappa shape index (κ3) is 4.90. The number of ether oxygens (including phenoxy) is 1. The Bertz CT molecular complexity index is 752. The Morgan fingerprint density at radius 3 is 2.71 bits per heavy atom. The Hall–Kier alpha value is -1.96. The Labute approximate surface area is 170 Å². The van der Waals surface area contributed by atoms with E-state index in [1.807, 2.05) is 32.9 Å². The first-order chi connectivity index (χ1) is 13.5. The molecule has 154 valence electrons. The Morgan fingerprint density at radius 1 is 1.36 bits per heavy atom. The van der Waals surface area contributed by atoms with Gasteiger partial charge in [-0.1, -0.05) is 32.5 Å². The SMILES string of the molecule is CCOC(=O)[C@H](Sc1nnc(N2CCC(C)CC2)n1Cc1ccco1)C(C)C. The number of rotatable bonds is 8. The number of piperidine rings is 1. The molecule has 0 saturated carbocycles. The maximum atomic E-state index is 12.4. The summed E-state index contributed by atoms with van der Waals surface area (Å²) < 4.78 is 12.9. The van der Waals surface area contributed by atoms with Gasteiger partial charge in [-0.3, -0.25) is 9.36 Å². The summed E-state index contributed by atoms with van der Waals surface area (Å²) in [7, 11) is 0. The number of carbonyl (C=O) groups excluding carboxylic acids is 1. The number of hydrogen-bond acceptors (Lipinski definition) is 7. The average Bonchev–Trinajstić information content (AvgIpc) is 3.31. The zero-order valence-corrected chi connectivity index (χ0v) is 17.9. The van der Waals surface area contributed by atoms with Crippen LogP contribution in [0.2, 0.25) is 0 Å². The van der Waals surface area contributed by atoms with Gasteiger partial charge >= 0.3 is 5.97 Å². The third-order valence-corrected chi connectivity index (χ3v) is 6.52. The van der Waals surface area contributed by atoms with Crippen molar-refractivity contribution in [3.63, 3.8) is 0 Å². The van der Waals surface area contributed by atoms with Crippen LogP contribution in [0, 0.1) is 11.8 Å². The van der Waals surface area contributed by atoms with E-state index in [2.05, 4.69) is 26.6 Å². The molecular formula is C20H30N4O3S. The number of carbonyl (C=O) groups is 1. The molecule has 0 aliphatic carbocycles. The highest BCUT2D eigenvalue weighted by atomic mass is 32.2. The molecule has 28 heavy (non-hydrogen) atoms. The van der Waals surface area contributed by atoms with Crippen LogP contribution in [0.4, 0.5) is 5.95 Å². The number of aromatic nitrogens is 3. The van der Waals surface area contributed by atoms with Gasteiger partial charge in [0.2, 0.25) is 5.95 Å². The largest absolute Gasteiger partial charge is 0.467 e. The molecule has 1 fully saturated rings. The van der Waals surface area contributed by atoms with Gasteiger partial charge in [-0.2, -0.15) is 0 Å². The first kappa shape index (κ1) is 20.8. The molecule has 0 N–H and O–H groups in total. The van der Waals surface area contributed by atoms with Crippen molar-refractivity contribution in [1.29, 1.82) is 0 Å². The summed E-state index contributed by atoms with van der Waals surface area (Å²) in [5.74, 6) is 2.34. The lowest BCUT2D eigenvalue weighted by molar-refractivity contribution is -0.143. The zero-order chi connectivity index (χ0) is 20.1. The van der Waals surface area contributed by atoms with E-state index < -0.39 is 0 Å². The first-order valence-electron chi connectivity index (χ1n) is 10.0. The second kappa shape index (κ2) is 9.49. The molecule has 7 nitrogen and oxygen atoms in total. The molecule has 1 atom stereocenters. The summed E-state index contributed by atoms with van der Waals surface area (Å²) in [4.78, 5) is 14.7. The van der Waals surface area contributed by atoms with Gasteiger partial charge in [-0.05, 0) is 43.7 Å². The minimum Gasteiger partial charge on any atom is -0.467 e. The molecule has 8 heteroatoms. The molecule has 1 aliphatic rings. The van der Waals surface area contributed by atoms with E-state index in [4.69, 9.17) is 9.15 Å². The van der Waals surface area contributed by atoms with Crippen LogP contribution >= 0.6 is 11.8 Å². The standard InChI is InChI=1S/C20H30N4O3S/c1-5-26-18(25)17(14(2)3)28-20-22-21-19(23-10-8-15(4)9-11-23)24(20)13-16-7-6-12-27-16/h6-7,12,14-15,17H,5,8-11,13H2,1-4H3/t17-/m1/s1. The fourth-order valence-electron chi connectivity index (χ4n) is 3.30. The quantitative estimate of drug-likeness (QED) is 0.487. The molecule has 0 bridgehead atoms. The summed E-state index contributed by atoms with van der Waals surface area (Å²) in [5, 5.41) is 9.32. The highest BCUT2D eigenvalue weighted by Crippen LogP contribution is 2.32. The molecule has 3 rings (SSSR count). The van der Waals surface area contributed by atoms with E-state index in [-0.39, 0.29) is 17.1 Å². The molecule has 2 aromatic heterocycles. The molecule has 3 heterocycles. The molecule has 1 saturated heterocycles. The van der Waals surface area contributed by atoms with Gasteiger partial charge in [0, 0.05) is 13.1 Å². The van der Waals surface area contributed by atoms with Gasteiger partial charge in [0.1, 0.15) is 11.0 Å². The van der Waals surface area contributed by atoms with Crippen LogP contribution in [-0.2, 0) is 16.1 Å². The number of esters is 1. The van der Waals surface area contributed by atoms with Gasteiger partial charge in [0.15, 0.2) is 5.16 Å². The molecule has 0 spiro atoms. The Morgan fingerprint density at radius 2 is 2.11 bits per heavy atom. The van der Waals surface area contributed by atoms with Crippen molar-refractivity contribution in [2.45, 2.75) is 57.5 Å². The van der Waals surface area contributed by atoms with Crippen LogP contribution in [0.1, 0.15) is 46.3 Å². The van der Waals surface area contributed by atoms with Crippen molar-refractivity contribution in [3.05, 3.63) is 24.2 Å². The minimum atomic E-state index is -0.325. The molecule has 2 aromatic rings. The monoisotopic (exact) mass is 406 g/mol. The van der Waals surface area contributed by atoms with Crippen molar-refractivity contribution in [3.8, 4) is 0 Å². The number of nitrogens with zero attached hydrogens (tertiary/aromatic N) is 4. The number of anilines is 1. The maximum absolute atomic E-state index is 12.4. The van der Waals surface area contributed by atoms with E-state index in [1.165, 1.54) is 11.8 Å². The van der Waals surface area contributed by atoms with Gasteiger partial charge in [-0.15, -0.1) is 10.2 Å². The van der Waals surface area contributed by atoms with E-state index in [0.29, 0.717) is 13.2 Å². The number of hydrogen-bond donors (Lipinski definition) is 0. The van der Waals surface area contributed by atoms with Crippen LogP contribution in [0.3, 0.4) is 0 Å². The summed E-state index contributed by atoms with van der Waals surface area (Å²) in [6.45, 7) is 11.0. The molecule has 0 radical (unpaired) electrons. The van der Waals surface area contributed by atoms with Crippen LogP contribution in [0.25, 0.3) is 0 Å². The van der Waals surface area contributed by atoms with Gasteiger partial charge in [-0.25, -0.2) is 0 Å². The van der Waals surface area contributed by atoms with Gasteiger partial charge in [0.05, 0.1) is 19.4 Å². The van der Waals surface area contributed by atoms with E-state index >= 15 is 0 Å². The highest BCUT2D eigenvalue weighted by molar-refractivity contribution is 8.00. The van der Waals surface area contributed by atoms with Crippen molar-refractivity contribution in [1.82, 2.24) is 14.8 Å². The third-order valence-electron chi connectivity index (χ3n) is 5.01. The second-order valence-corrected chi connectivity index (χ2v) is 8.76. The lowest BCUT2D eigenvalue weighted by Crippen LogP contribution is -2.35. The van der Waals surface area contributed by atoms with E-state index in [0.717, 1.165) is 48.7 Å². The maximum Gasteiger partial charge on any atom is 0.319 e. The predicted molar refractivity (Wildman–Crippen MR) is 110 cm³/mol. The number of furan rings is 1. The van der Waals surface area contributed by atoms with Crippen LogP contribution in [0.15, 0.2) is 28.0 Å². The fraction of sp³-hybridized carbons (Fsp3) is 0.650. The Kier molecular flexibility index (Phi) is 7.04. The highest BCUT2D eigenvalue weighted by Gasteiger charge is 2.30. The van der Waals surface area contributed by atoms with E-state index in [9.17, 15) is 4.79 Å². The van der Waals surface area contributed by atoms with Crippen LogP contribution in [0.5, 0.6) is 0 Å². The molecular weight excluding hydrogens is 376 g/mol. The summed E-state index contributed by atoms with van der Waals surface area (Å²) in [6, 6.07) is 3.83. The molecule has 0 unspecified atom stereocenters. The van der Waals surface area contributed by atoms with Crippen molar-refractivity contribution < 1.29 is 13.9 Å². The molecule has 0 aromatic carbocycles.